The molecular formula is C24H33N5O2S2. The summed E-state index contributed by atoms with van der Waals surface area (Å²) in [7, 11) is 1.60. The molecule has 0 bridgehead atoms. The molecule has 2 aliphatic rings. The van der Waals surface area contributed by atoms with E-state index in [1.165, 1.54) is 25.7 Å². The van der Waals surface area contributed by atoms with Gasteiger partial charge in [0.25, 0.3) is 5.91 Å². The monoisotopic (exact) mass is 487 g/mol. The van der Waals surface area contributed by atoms with E-state index < -0.39 is 0 Å². The first-order valence-corrected chi connectivity index (χ1v) is 12.9. The molecule has 1 aliphatic carbocycles. The molecule has 0 atom stereocenters. The quantitative estimate of drug-likeness (QED) is 0.322. The van der Waals surface area contributed by atoms with Crippen molar-refractivity contribution in [1.29, 1.82) is 0 Å². The van der Waals surface area contributed by atoms with E-state index in [2.05, 4.69) is 40.4 Å². The van der Waals surface area contributed by atoms with Crippen LogP contribution in [0.4, 0.5) is 17.3 Å². The number of carbonyl (C=O) groups excluding carboxylic acids is 1. The molecule has 4 rings (SSSR count). The molecule has 2 fully saturated rings. The lowest BCUT2D eigenvalue weighted by molar-refractivity contribution is 0.102. The second kappa shape index (κ2) is 10.1. The van der Waals surface area contributed by atoms with Gasteiger partial charge in [-0.2, -0.15) is 0 Å². The van der Waals surface area contributed by atoms with Crippen LogP contribution in [0.1, 0.15) is 56.8 Å². The van der Waals surface area contributed by atoms with Crippen molar-refractivity contribution >= 4 is 47.4 Å². The summed E-state index contributed by atoms with van der Waals surface area (Å²) in [5.41, 5.74) is 1.90. The summed E-state index contributed by atoms with van der Waals surface area (Å²) >= 11 is 2.67. The molecule has 1 amide bonds. The van der Waals surface area contributed by atoms with Gasteiger partial charge < -0.3 is 14.4 Å². The van der Waals surface area contributed by atoms with Gasteiger partial charge in [-0.15, -0.1) is 0 Å². The van der Waals surface area contributed by atoms with Crippen molar-refractivity contribution in [2.45, 2.75) is 56.9 Å². The number of hydrogen-bond donors (Lipinski definition) is 3. The summed E-state index contributed by atoms with van der Waals surface area (Å²) in [5, 5.41) is 3.07. The van der Waals surface area contributed by atoms with Crippen molar-refractivity contribution < 1.29 is 8.98 Å². The van der Waals surface area contributed by atoms with Crippen LogP contribution in [0.5, 0.6) is 0 Å². The molecule has 3 N–H and O–H groups in total. The van der Waals surface area contributed by atoms with Gasteiger partial charge in [0.05, 0.1) is 12.7 Å². The Morgan fingerprint density at radius 3 is 2.55 bits per heavy atom. The van der Waals surface area contributed by atoms with E-state index in [-0.39, 0.29) is 11.4 Å². The zero-order chi connectivity index (χ0) is 23.5. The molecule has 0 radical (unpaired) electrons. The second-order valence-electron chi connectivity index (χ2n) is 9.84. The molecule has 1 saturated heterocycles. The smallest absolute Gasteiger partial charge is 0.259 e. The van der Waals surface area contributed by atoms with E-state index in [0.717, 1.165) is 41.7 Å². The van der Waals surface area contributed by atoms with Crippen molar-refractivity contribution in [3.05, 3.63) is 42.0 Å². The maximum Gasteiger partial charge on any atom is 0.259 e. The Bertz CT molecular complexity index is 981. The predicted molar refractivity (Wildman–Crippen MR) is 139 cm³/mol. The molecule has 1 aliphatic heterocycles. The molecule has 1 spiro atoms. The number of rotatable bonds is 8. The first kappa shape index (κ1) is 24.2. The zero-order valence-electron chi connectivity index (χ0n) is 19.7. The van der Waals surface area contributed by atoms with Gasteiger partial charge in [-0.05, 0) is 94.1 Å². The van der Waals surface area contributed by atoms with E-state index in [4.69, 9.17) is 9.17 Å². The highest BCUT2D eigenvalue weighted by molar-refractivity contribution is 7.97. The van der Waals surface area contributed by atoms with Gasteiger partial charge in [-0.25, -0.2) is 4.98 Å². The first-order chi connectivity index (χ1) is 15.8. The highest BCUT2D eigenvalue weighted by Crippen LogP contribution is 2.54. The summed E-state index contributed by atoms with van der Waals surface area (Å²) in [6.45, 7) is 8.22. The Kier molecular flexibility index (Phi) is 7.43. The van der Waals surface area contributed by atoms with Crippen LogP contribution in [-0.4, -0.2) is 36.6 Å². The van der Waals surface area contributed by atoms with E-state index in [1.807, 2.05) is 36.4 Å². The third kappa shape index (κ3) is 6.56. The zero-order valence-corrected chi connectivity index (χ0v) is 21.4. The van der Waals surface area contributed by atoms with Crippen molar-refractivity contribution in [1.82, 2.24) is 9.71 Å². The molecule has 0 unspecified atom stereocenters. The van der Waals surface area contributed by atoms with Crippen LogP contribution in [0, 0.1) is 5.41 Å². The summed E-state index contributed by atoms with van der Waals surface area (Å²) in [4.78, 5) is 21.4. The Labute approximate surface area is 205 Å². The van der Waals surface area contributed by atoms with E-state index in [9.17, 15) is 4.79 Å². The second-order valence-corrected chi connectivity index (χ2v) is 11.4. The largest absolute Gasteiger partial charge is 0.356 e. The molecule has 9 heteroatoms. The van der Waals surface area contributed by atoms with Crippen molar-refractivity contribution in [3.8, 4) is 0 Å². The lowest BCUT2D eigenvalue weighted by atomic mass is 9.93. The molecular weight excluding hydrogens is 454 g/mol. The van der Waals surface area contributed by atoms with E-state index in [1.54, 1.807) is 19.1 Å². The third-order valence-corrected chi connectivity index (χ3v) is 7.66. The number of piperidine rings is 1. The Morgan fingerprint density at radius 1 is 1.12 bits per heavy atom. The lowest BCUT2D eigenvalue weighted by Crippen LogP contribution is -2.36. The number of aromatic nitrogens is 1. The predicted octanol–water partition coefficient (Wildman–Crippen LogP) is 5.73. The number of nitrogens with zero attached hydrogens (tertiary/aromatic N) is 2. The number of nitrogens with one attached hydrogen (secondary N) is 3. The Morgan fingerprint density at radius 2 is 1.88 bits per heavy atom. The lowest BCUT2D eigenvalue weighted by Gasteiger charge is -2.34. The Hall–Kier alpha value is -1.94. The summed E-state index contributed by atoms with van der Waals surface area (Å²) in [6.07, 6.45) is 5.01. The van der Waals surface area contributed by atoms with E-state index >= 15 is 0 Å². The summed E-state index contributed by atoms with van der Waals surface area (Å²) in [5.74, 6) is 1.25. The molecule has 1 saturated carbocycles. The normalized spacial score (nSPS) is 17.2. The number of pyridine rings is 1. The molecule has 2 heterocycles. The molecule has 7 nitrogen and oxygen atoms in total. The van der Waals surface area contributed by atoms with Gasteiger partial charge in [0.2, 0.25) is 0 Å². The maximum absolute atomic E-state index is 13.3. The van der Waals surface area contributed by atoms with Gasteiger partial charge >= 0.3 is 0 Å². The van der Waals surface area contributed by atoms with Gasteiger partial charge in [0.1, 0.15) is 23.9 Å². The van der Waals surface area contributed by atoms with Crippen molar-refractivity contribution in [2.75, 3.05) is 35.1 Å². The average Bonchev–Trinajstić information content (AvgIpc) is 3.55. The van der Waals surface area contributed by atoms with Gasteiger partial charge in [0.15, 0.2) is 0 Å². The molecule has 1 aromatic heterocycles. The standard InChI is InChI=1S/C24H33N5O2S2/c1-23(2,3)28-32-18-7-5-6-17(16-18)25-22(30)19-8-9-20(27-33-31-4)26-21(19)29-14-12-24(10-11-24)13-15-29/h5-9,16,28H,10-15H2,1-4H3,(H,25,30)(H,26,27). The average molecular weight is 488 g/mol. The maximum atomic E-state index is 13.3. The first-order valence-electron chi connectivity index (χ1n) is 11.3. The van der Waals surface area contributed by atoms with Crippen LogP contribution < -0.4 is 19.7 Å². The van der Waals surface area contributed by atoms with Crippen LogP contribution >= 0.6 is 24.2 Å². The molecule has 1 aromatic carbocycles. The van der Waals surface area contributed by atoms with Crippen LogP contribution in [-0.2, 0) is 4.18 Å². The van der Waals surface area contributed by atoms with Crippen LogP contribution in [0.15, 0.2) is 41.3 Å². The molecule has 2 aromatic rings. The third-order valence-electron chi connectivity index (χ3n) is 6.00. The minimum atomic E-state index is -0.152. The molecule has 33 heavy (non-hydrogen) atoms. The highest BCUT2D eigenvalue weighted by Gasteiger charge is 2.44. The van der Waals surface area contributed by atoms with Gasteiger partial charge in [0, 0.05) is 29.2 Å². The van der Waals surface area contributed by atoms with Crippen LogP contribution in [0.3, 0.4) is 0 Å². The number of carbonyl (C=O) groups is 1. The fourth-order valence-corrected chi connectivity index (χ4v) is 4.96. The van der Waals surface area contributed by atoms with Gasteiger partial charge in [-0.1, -0.05) is 6.07 Å². The topological polar surface area (TPSA) is 78.5 Å². The van der Waals surface area contributed by atoms with Crippen molar-refractivity contribution in [3.63, 3.8) is 0 Å². The van der Waals surface area contributed by atoms with Crippen LogP contribution in [0.2, 0.25) is 0 Å². The number of amides is 1. The number of anilines is 3. The summed E-state index contributed by atoms with van der Waals surface area (Å²) in [6, 6.07) is 11.5. The summed E-state index contributed by atoms with van der Waals surface area (Å²) < 4.78 is 11.5. The Balaban J connectivity index is 1.51. The minimum absolute atomic E-state index is 0.00510. The highest BCUT2D eigenvalue weighted by atomic mass is 32.2. The van der Waals surface area contributed by atoms with E-state index in [0.29, 0.717) is 16.8 Å². The fourth-order valence-electron chi connectivity index (χ4n) is 3.93. The van der Waals surface area contributed by atoms with Crippen molar-refractivity contribution in [2.24, 2.45) is 5.41 Å². The fraction of sp³-hybridized carbons (Fsp3) is 0.500. The van der Waals surface area contributed by atoms with Crippen LogP contribution in [0.25, 0.3) is 0 Å². The van der Waals surface area contributed by atoms with Gasteiger partial charge in [-0.3, -0.25) is 14.2 Å². The minimum Gasteiger partial charge on any atom is -0.356 e. The SMILES string of the molecule is COSNc1ccc(C(=O)Nc2cccc(SNC(C)(C)C)c2)c(N2CCC3(CC2)CC3)n1. The number of hydrogen-bond acceptors (Lipinski definition) is 8. The number of benzene rings is 1. The molecule has 178 valence electrons.